The molecule has 0 atom stereocenters. The van der Waals surface area contributed by atoms with Crippen LogP contribution < -0.4 is 5.32 Å². The van der Waals surface area contributed by atoms with Crippen molar-refractivity contribution in [3.05, 3.63) is 65.4 Å². The van der Waals surface area contributed by atoms with Crippen molar-refractivity contribution in [2.45, 2.75) is 64.0 Å². The van der Waals surface area contributed by atoms with E-state index < -0.39 is 5.97 Å². The van der Waals surface area contributed by atoms with Crippen molar-refractivity contribution < 1.29 is 9.90 Å². The maximum absolute atomic E-state index is 11.9. The molecule has 2 aliphatic heterocycles. The van der Waals surface area contributed by atoms with E-state index in [1.165, 1.54) is 76.4 Å². The van der Waals surface area contributed by atoms with Crippen LogP contribution in [0, 0.1) is 0 Å². The van der Waals surface area contributed by atoms with Gasteiger partial charge in [0.05, 0.1) is 16.8 Å². The summed E-state index contributed by atoms with van der Waals surface area (Å²) in [6.07, 6.45) is 13.1. The number of rotatable bonds is 3. The van der Waals surface area contributed by atoms with Gasteiger partial charge in [0.15, 0.2) is 0 Å². The largest absolute Gasteiger partial charge is 0.478 e. The molecule has 4 aromatic rings. The van der Waals surface area contributed by atoms with Crippen LogP contribution >= 0.6 is 0 Å². The van der Waals surface area contributed by atoms with Gasteiger partial charge in [0, 0.05) is 53.2 Å². The summed E-state index contributed by atoms with van der Waals surface area (Å²) in [4.78, 5) is 11.9. The molecule has 184 valence electrons. The standard InChI is InChI=1S/C31H33N3O2/c35-31(36)22-10-11-24-27(18-22)34-17-5-16-33-19-26(20-12-14-32-15-13-20)23-8-4-9-25(29(23)33)30(34)28(24)21-6-2-1-3-7-21/h4,8-12,18-19,21,32H,1-3,5-7,13-17H2,(H,35,36). The lowest BCUT2D eigenvalue weighted by Gasteiger charge is -2.25. The summed E-state index contributed by atoms with van der Waals surface area (Å²) in [5, 5.41) is 15.8. The Bertz CT molecular complexity index is 1530. The average molecular weight is 480 g/mol. The second-order valence-corrected chi connectivity index (χ2v) is 10.8. The SMILES string of the molecule is O=C(O)c1ccc2c(C3CCCCC3)c3n(c2c1)CCCn1cc(C2=CCNCC2)c2cccc-3c21. The maximum Gasteiger partial charge on any atom is 0.335 e. The number of benzene rings is 2. The van der Waals surface area contributed by atoms with E-state index in [4.69, 9.17) is 0 Å². The molecule has 1 aliphatic carbocycles. The van der Waals surface area contributed by atoms with Crippen molar-refractivity contribution >= 4 is 33.3 Å². The summed E-state index contributed by atoms with van der Waals surface area (Å²) in [6, 6.07) is 12.6. The van der Waals surface area contributed by atoms with Crippen molar-refractivity contribution in [3.8, 4) is 11.3 Å². The predicted molar refractivity (Wildman–Crippen MR) is 146 cm³/mol. The number of aromatic nitrogens is 2. The molecule has 36 heavy (non-hydrogen) atoms. The quantitative estimate of drug-likeness (QED) is 0.340. The number of carboxylic acid groups (broad SMARTS) is 1. The van der Waals surface area contributed by atoms with Crippen molar-refractivity contribution in [3.63, 3.8) is 0 Å². The fraction of sp³-hybridized carbons (Fsp3) is 0.387. The van der Waals surface area contributed by atoms with E-state index in [2.05, 4.69) is 51.0 Å². The van der Waals surface area contributed by atoms with E-state index in [0.717, 1.165) is 44.5 Å². The first-order valence-corrected chi connectivity index (χ1v) is 13.6. The van der Waals surface area contributed by atoms with Crippen LogP contribution in [0.4, 0.5) is 0 Å². The number of nitrogens with zero attached hydrogens (tertiary/aromatic N) is 2. The van der Waals surface area contributed by atoms with Gasteiger partial charge in [0.2, 0.25) is 0 Å². The van der Waals surface area contributed by atoms with E-state index in [9.17, 15) is 9.90 Å². The maximum atomic E-state index is 11.9. The Morgan fingerprint density at radius 3 is 2.67 bits per heavy atom. The topological polar surface area (TPSA) is 59.2 Å². The lowest BCUT2D eigenvalue weighted by Crippen LogP contribution is -2.19. The summed E-state index contributed by atoms with van der Waals surface area (Å²) >= 11 is 0. The molecule has 4 heterocycles. The molecule has 0 saturated heterocycles. The Balaban J connectivity index is 1.54. The van der Waals surface area contributed by atoms with Gasteiger partial charge in [-0.25, -0.2) is 4.79 Å². The zero-order valence-electron chi connectivity index (χ0n) is 20.7. The lowest BCUT2D eigenvalue weighted by molar-refractivity contribution is 0.0697. The zero-order valence-corrected chi connectivity index (χ0v) is 20.7. The summed E-state index contributed by atoms with van der Waals surface area (Å²) in [6.45, 7) is 3.84. The highest BCUT2D eigenvalue weighted by molar-refractivity contribution is 6.05. The number of para-hydroxylation sites is 1. The summed E-state index contributed by atoms with van der Waals surface area (Å²) < 4.78 is 4.96. The molecule has 1 saturated carbocycles. The van der Waals surface area contributed by atoms with Crippen molar-refractivity contribution in [1.82, 2.24) is 14.5 Å². The van der Waals surface area contributed by atoms with Gasteiger partial charge in [-0.15, -0.1) is 0 Å². The molecular weight excluding hydrogens is 446 g/mol. The minimum absolute atomic E-state index is 0.377. The first kappa shape index (κ1) is 21.9. The number of hydrogen-bond donors (Lipinski definition) is 2. The van der Waals surface area contributed by atoms with Crippen LogP contribution in [0.3, 0.4) is 0 Å². The first-order valence-electron chi connectivity index (χ1n) is 13.6. The molecule has 0 unspecified atom stereocenters. The molecule has 1 fully saturated rings. The molecule has 3 aliphatic rings. The highest BCUT2D eigenvalue weighted by atomic mass is 16.4. The third-order valence-corrected chi connectivity index (χ3v) is 8.71. The lowest BCUT2D eigenvalue weighted by atomic mass is 9.81. The molecule has 2 N–H and O–H groups in total. The molecule has 5 heteroatoms. The Morgan fingerprint density at radius 1 is 0.972 bits per heavy atom. The van der Waals surface area contributed by atoms with E-state index in [-0.39, 0.29) is 0 Å². The number of aromatic carboxylic acids is 1. The van der Waals surface area contributed by atoms with E-state index >= 15 is 0 Å². The third kappa shape index (κ3) is 3.36. The fourth-order valence-corrected chi connectivity index (χ4v) is 7.09. The Kier molecular flexibility index (Phi) is 5.28. The minimum Gasteiger partial charge on any atom is -0.478 e. The van der Waals surface area contributed by atoms with Gasteiger partial charge in [-0.1, -0.05) is 49.6 Å². The van der Waals surface area contributed by atoms with Gasteiger partial charge < -0.3 is 19.6 Å². The van der Waals surface area contributed by atoms with Crippen LogP contribution in [-0.2, 0) is 13.1 Å². The smallest absolute Gasteiger partial charge is 0.335 e. The number of nitrogens with one attached hydrogen (secondary N) is 1. The Labute approximate surface area is 211 Å². The van der Waals surface area contributed by atoms with E-state index in [0.29, 0.717) is 11.5 Å². The van der Waals surface area contributed by atoms with E-state index in [1.807, 2.05) is 6.07 Å². The summed E-state index contributed by atoms with van der Waals surface area (Å²) in [5.74, 6) is -0.328. The van der Waals surface area contributed by atoms with Crippen LogP contribution in [0.1, 0.15) is 72.3 Å². The highest BCUT2D eigenvalue weighted by Gasteiger charge is 2.29. The molecule has 0 amide bonds. The van der Waals surface area contributed by atoms with Gasteiger partial charge >= 0.3 is 5.97 Å². The normalized spacial score (nSPS) is 18.6. The first-order chi connectivity index (χ1) is 17.7. The van der Waals surface area contributed by atoms with Gasteiger partial charge in [-0.3, -0.25) is 0 Å². The Hall–Kier alpha value is -3.31. The Morgan fingerprint density at radius 2 is 1.86 bits per heavy atom. The van der Waals surface area contributed by atoms with Crippen molar-refractivity contribution in [2.24, 2.45) is 0 Å². The van der Waals surface area contributed by atoms with Crippen molar-refractivity contribution in [2.75, 3.05) is 13.1 Å². The molecule has 2 aromatic heterocycles. The van der Waals surface area contributed by atoms with Crippen LogP contribution in [0.25, 0.3) is 38.6 Å². The van der Waals surface area contributed by atoms with Gasteiger partial charge in [-0.2, -0.15) is 0 Å². The zero-order chi connectivity index (χ0) is 24.2. The average Bonchev–Trinajstić information content (AvgIpc) is 3.44. The number of carbonyl (C=O) groups is 1. The predicted octanol–water partition coefficient (Wildman–Crippen LogP) is 6.79. The van der Waals surface area contributed by atoms with E-state index in [1.54, 1.807) is 6.07 Å². The van der Waals surface area contributed by atoms with Crippen LogP contribution in [0.15, 0.2) is 48.7 Å². The second kappa shape index (κ2) is 8.67. The summed E-state index contributed by atoms with van der Waals surface area (Å²) in [7, 11) is 0. The van der Waals surface area contributed by atoms with Crippen LogP contribution in [-0.4, -0.2) is 33.3 Å². The molecular formula is C31H33N3O2. The highest BCUT2D eigenvalue weighted by Crippen LogP contribution is 2.47. The van der Waals surface area contributed by atoms with Crippen molar-refractivity contribution in [1.29, 1.82) is 0 Å². The number of hydrogen-bond acceptors (Lipinski definition) is 2. The number of fused-ring (bicyclic) bond motifs is 4. The van der Waals surface area contributed by atoms with Gasteiger partial charge in [-0.05, 0) is 61.4 Å². The molecule has 0 radical (unpaired) electrons. The minimum atomic E-state index is -0.853. The molecule has 0 bridgehead atoms. The van der Waals surface area contributed by atoms with Crippen LogP contribution in [0.2, 0.25) is 0 Å². The summed E-state index contributed by atoms with van der Waals surface area (Å²) in [5.41, 5.74) is 9.72. The molecule has 5 nitrogen and oxygen atoms in total. The molecule has 0 spiro atoms. The third-order valence-electron chi connectivity index (χ3n) is 8.71. The van der Waals surface area contributed by atoms with Gasteiger partial charge in [0.1, 0.15) is 0 Å². The second-order valence-electron chi connectivity index (χ2n) is 10.8. The van der Waals surface area contributed by atoms with Gasteiger partial charge in [0.25, 0.3) is 0 Å². The van der Waals surface area contributed by atoms with Crippen LogP contribution in [0.5, 0.6) is 0 Å². The fourth-order valence-electron chi connectivity index (χ4n) is 7.09. The number of aryl methyl sites for hydroxylation is 2. The molecule has 2 aromatic carbocycles. The number of carboxylic acids is 1. The molecule has 7 rings (SSSR count). The monoisotopic (exact) mass is 479 g/mol.